The number of urea groups is 1. The van der Waals surface area contributed by atoms with E-state index in [1.54, 1.807) is 18.2 Å². The minimum absolute atomic E-state index is 0.0371. The standard InChI is InChI=1S/C26H32Cl3N5O2/c1-18(36-25-7-5-20(27)15-30-25)21-16-34(17-22(21)19-4-6-23(28)24(29)14-19)26(35)33-12-10-32(11-13-33)9-8-31(2)3/h4-7,14-15,21-22H,1,8-13,16-17H2,2-3H3/t21-,22-/m0/s1. The van der Waals surface area contributed by atoms with E-state index in [1.165, 1.54) is 6.20 Å². The molecule has 2 saturated heterocycles. The van der Waals surface area contributed by atoms with Crippen LogP contribution in [0.15, 0.2) is 48.9 Å². The summed E-state index contributed by atoms with van der Waals surface area (Å²) in [6.45, 7) is 10.5. The van der Waals surface area contributed by atoms with E-state index in [1.807, 2.05) is 21.9 Å². The second-order valence-electron chi connectivity index (χ2n) is 9.59. The molecule has 0 aliphatic carbocycles. The Hall–Kier alpha value is -2.03. The van der Waals surface area contributed by atoms with Gasteiger partial charge in [-0.1, -0.05) is 47.4 Å². The summed E-state index contributed by atoms with van der Waals surface area (Å²) < 4.78 is 6.01. The van der Waals surface area contributed by atoms with Gasteiger partial charge in [-0.25, -0.2) is 9.78 Å². The molecule has 4 rings (SSSR count). The molecule has 36 heavy (non-hydrogen) atoms. The largest absolute Gasteiger partial charge is 0.444 e. The zero-order valence-electron chi connectivity index (χ0n) is 20.7. The number of carbonyl (C=O) groups is 1. The third-order valence-electron chi connectivity index (χ3n) is 6.82. The van der Waals surface area contributed by atoms with Crippen LogP contribution in [0, 0.1) is 5.92 Å². The monoisotopic (exact) mass is 551 g/mol. The van der Waals surface area contributed by atoms with Gasteiger partial charge in [-0.3, -0.25) is 4.90 Å². The number of rotatable bonds is 7. The minimum Gasteiger partial charge on any atom is -0.444 e. The molecule has 10 heteroatoms. The molecule has 7 nitrogen and oxygen atoms in total. The topological polar surface area (TPSA) is 52.2 Å². The molecular formula is C26H32Cl3N5O2. The van der Waals surface area contributed by atoms with E-state index in [2.05, 4.69) is 35.5 Å². The Bertz CT molecular complexity index is 1070. The highest BCUT2D eigenvalue weighted by Crippen LogP contribution is 2.39. The lowest BCUT2D eigenvalue weighted by Crippen LogP contribution is -2.53. The van der Waals surface area contributed by atoms with Gasteiger partial charge in [0.25, 0.3) is 0 Å². The Morgan fingerprint density at radius 2 is 1.81 bits per heavy atom. The highest BCUT2D eigenvalue weighted by atomic mass is 35.5. The lowest BCUT2D eigenvalue weighted by Gasteiger charge is -2.37. The van der Waals surface area contributed by atoms with Crippen LogP contribution in [0.2, 0.25) is 15.1 Å². The molecule has 0 radical (unpaired) electrons. The van der Waals surface area contributed by atoms with Crippen molar-refractivity contribution >= 4 is 40.8 Å². The van der Waals surface area contributed by atoms with Crippen LogP contribution in [0.1, 0.15) is 11.5 Å². The minimum atomic E-state index is -0.134. The smallest absolute Gasteiger partial charge is 0.320 e. The van der Waals surface area contributed by atoms with Crippen LogP contribution in [0.3, 0.4) is 0 Å². The Morgan fingerprint density at radius 3 is 2.44 bits per heavy atom. The summed E-state index contributed by atoms with van der Waals surface area (Å²) in [5.41, 5.74) is 0.993. The predicted octanol–water partition coefficient (Wildman–Crippen LogP) is 4.95. The fraction of sp³-hybridized carbons (Fsp3) is 0.462. The number of piperazine rings is 1. The molecule has 0 saturated carbocycles. The summed E-state index contributed by atoms with van der Waals surface area (Å²) in [6.07, 6.45) is 1.53. The average Bonchev–Trinajstić information content (AvgIpc) is 3.31. The number of likely N-dealkylation sites (N-methyl/N-ethyl adjacent to an activating group) is 1. The first-order chi connectivity index (χ1) is 17.2. The number of hydrogen-bond acceptors (Lipinski definition) is 5. The summed E-state index contributed by atoms with van der Waals surface area (Å²) >= 11 is 18.5. The zero-order chi connectivity index (χ0) is 25.8. The number of nitrogens with zero attached hydrogens (tertiary/aromatic N) is 5. The van der Waals surface area contributed by atoms with Crippen LogP contribution < -0.4 is 4.74 Å². The van der Waals surface area contributed by atoms with Gasteiger partial charge in [-0.15, -0.1) is 0 Å². The fourth-order valence-corrected chi connectivity index (χ4v) is 5.12. The maximum atomic E-state index is 13.5. The van der Waals surface area contributed by atoms with Crippen LogP contribution in [-0.4, -0.2) is 97.1 Å². The van der Waals surface area contributed by atoms with Crippen LogP contribution >= 0.6 is 34.8 Å². The predicted molar refractivity (Wildman–Crippen MR) is 145 cm³/mol. The Labute approximate surface area is 228 Å². The lowest BCUT2D eigenvalue weighted by molar-refractivity contribution is 0.113. The van der Waals surface area contributed by atoms with E-state index in [-0.39, 0.29) is 17.9 Å². The third-order valence-corrected chi connectivity index (χ3v) is 7.78. The van der Waals surface area contributed by atoms with Crippen molar-refractivity contribution in [3.63, 3.8) is 0 Å². The van der Waals surface area contributed by atoms with Crippen LogP contribution in [0.5, 0.6) is 5.88 Å². The maximum absolute atomic E-state index is 13.5. The van der Waals surface area contributed by atoms with Gasteiger partial charge in [0, 0.05) is 76.5 Å². The van der Waals surface area contributed by atoms with Gasteiger partial charge in [0.2, 0.25) is 5.88 Å². The molecule has 2 fully saturated rings. The van der Waals surface area contributed by atoms with Gasteiger partial charge in [-0.05, 0) is 37.9 Å². The molecule has 0 unspecified atom stereocenters. The van der Waals surface area contributed by atoms with Crippen molar-refractivity contribution in [1.82, 2.24) is 24.6 Å². The van der Waals surface area contributed by atoms with Crippen LogP contribution in [0.25, 0.3) is 0 Å². The molecule has 0 N–H and O–H groups in total. The van der Waals surface area contributed by atoms with Crippen molar-refractivity contribution in [2.24, 2.45) is 5.92 Å². The number of halogens is 3. The number of amides is 2. The number of likely N-dealkylation sites (tertiary alicyclic amines) is 1. The molecule has 1 aromatic heterocycles. The second-order valence-corrected chi connectivity index (χ2v) is 10.8. The quantitative estimate of drug-likeness (QED) is 0.455. The molecule has 194 valence electrons. The second kappa shape index (κ2) is 12.0. The Kier molecular flexibility index (Phi) is 9.01. The molecule has 2 amide bonds. The van der Waals surface area contributed by atoms with E-state index >= 15 is 0 Å². The summed E-state index contributed by atoms with van der Waals surface area (Å²) in [4.78, 5) is 26.2. The molecule has 2 atom stereocenters. The van der Waals surface area contributed by atoms with Gasteiger partial charge < -0.3 is 19.4 Å². The summed E-state index contributed by atoms with van der Waals surface area (Å²) in [7, 11) is 4.16. The van der Waals surface area contributed by atoms with Gasteiger partial charge in [-0.2, -0.15) is 0 Å². The van der Waals surface area contributed by atoms with Crippen molar-refractivity contribution < 1.29 is 9.53 Å². The number of ether oxygens (including phenoxy) is 1. The van der Waals surface area contributed by atoms with Crippen LogP contribution in [-0.2, 0) is 0 Å². The lowest BCUT2D eigenvalue weighted by atomic mass is 9.88. The molecule has 2 aromatic rings. The molecule has 0 bridgehead atoms. The number of hydrogen-bond donors (Lipinski definition) is 0. The van der Waals surface area contributed by atoms with Crippen molar-refractivity contribution in [2.75, 3.05) is 66.5 Å². The number of carbonyl (C=O) groups excluding carboxylic acids is 1. The first-order valence-electron chi connectivity index (χ1n) is 12.1. The average molecular weight is 553 g/mol. The molecule has 0 spiro atoms. The highest BCUT2D eigenvalue weighted by molar-refractivity contribution is 6.42. The molecule has 3 heterocycles. The van der Waals surface area contributed by atoms with Crippen molar-refractivity contribution in [2.45, 2.75) is 5.92 Å². The van der Waals surface area contributed by atoms with Crippen molar-refractivity contribution in [3.05, 3.63) is 69.5 Å². The molecule has 1 aromatic carbocycles. The van der Waals surface area contributed by atoms with Gasteiger partial charge in [0.15, 0.2) is 0 Å². The summed E-state index contributed by atoms with van der Waals surface area (Å²) in [5, 5.41) is 1.51. The van der Waals surface area contributed by atoms with E-state index in [4.69, 9.17) is 39.5 Å². The van der Waals surface area contributed by atoms with Crippen LogP contribution in [0.4, 0.5) is 4.79 Å². The molecule has 2 aliphatic heterocycles. The first-order valence-corrected chi connectivity index (χ1v) is 13.2. The Balaban J connectivity index is 1.47. The van der Waals surface area contributed by atoms with Gasteiger partial charge >= 0.3 is 6.03 Å². The maximum Gasteiger partial charge on any atom is 0.320 e. The number of pyridine rings is 1. The van der Waals surface area contributed by atoms with Crippen molar-refractivity contribution in [1.29, 1.82) is 0 Å². The highest BCUT2D eigenvalue weighted by Gasteiger charge is 2.40. The SMILES string of the molecule is C=C(Oc1ccc(Cl)cn1)[C@@H]1CN(C(=O)N2CCN(CCN(C)C)CC2)C[C@H]1c1ccc(Cl)c(Cl)c1. The molecular weight excluding hydrogens is 521 g/mol. The molecule has 2 aliphatic rings. The van der Waals surface area contributed by atoms with E-state index in [0.717, 1.165) is 44.8 Å². The normalized spacial score (nSPS) is 20.7. The zero-order valence-corrected chi connectivity index (χ0v) is 22.9. The summed E-state index contributed by atoms with van der Waals surface area (Å²) in [5.74, 6) is 0.788. The van der Waals surface area contributed by atoms with E-state index < -0.39 is 0 Å². The first kappa shape index (κ1) is 27.0. The number of benzene rings is 1. The third kappa shape index (κ3) is 6.64. The Morgan fingerprint density at radius 1 is 1.06 bits per heavy atom. The van der Waals surface area contributed by atoms with Gasteiger partial charge in [0.1, 0.15) is 5.76 Å². The van der Waals surface area contributed by atoms with Gasteiger partial charge in [0.05, 0.1) is 15.1 Å². The van der Waals surface area contributed by atoms with E-state index in [9.17, 15) is 4.79 Å². The van der Waals surface area contributed by atoms with E-state index in [0.29, 0.717) is 39.8 Å². The van der Waals surface area contributed by atoms with Crippen molar-refractivity contribution in [3.8, 4) is 5.88 Å². The number of aromatic nitrogens is 1. The summed E-state index contributed by atoms with van der Waals surface area (Å²) in [6, 6.07) is 9.08. The fourth-order valence-electron chi connectivity index (χ4n) is 4.70.